The third kappa shape index (κ3) is 10.0. The lowest BCUT2D eigenvalue weighted by molar-refractivity contribution is -0.0180. The molecule has 0 amide bonds. The number of aliphatic hydroxyl groups is 1. The van der Waals surface area contributed by atoms with Gasteiger partial charge in [-0.3, -0.25) is 9.89 Å². The number of halogens is 1. The molecule has 0 aromatic heterocycles. The van der Waals surface area contributed by atoms with Gasteiger partial charge in [-0.25, -0.2) is 0 Å². The van der Waals surface area contributed by atoms with Crippen molar-refractivity contribution in [2.24, 2.45) is 4.99 Å². The Morgan fingerprint density at radius 3 is 2.54 bits per heavy atom. The number of likely N-dealkylation sites (N-methyl/N-ethyl adjacent to an activating group) is 1. The van der Waals surface area contributed by atoms with Crippen molar-refractivity contribution in [1.29, 1.82) is 0 Å². The number of hydrogen-bond acceptors (Lipinski definition) is 5. The van der Waals surface area contributed by atoms with Crippen molar-refractivity contribution in [3.05, 3.63) is 0 Å². The van der Waals surface area contributed by atoms with Crippen LogP contribution in [0.3, 0.4) is 0 Å². The Hall–Kier alpha value is -0.160. The first-order chi connectivity index (χ1) is 13.0. The van der Waals surface area contributed by atoms with Crippen molar-refractivity contribution in [2.75, 3.05) is 66.1 Å². The van der Waals surface area contributed by atoms with Crippen molar-refractivity contribution >= 4 is 29.9 Å². The highest BCUT2D eigenvalue weighted by molar-refractivity contribution is 14.0. The summed E-state index contributed by atoms with van der Waals surface area (Å²) in [4.78, 5) is 9.35. The van der Waals surface area contributed by atoms with Crippen molar-refractivity contribution in [3.63, 3.8) is 0 Å². The molecule has 166 valence electrons. The number of morpholine rings is 1. The summed E-state index contributed by atoms with van der Waals surface area (Å²) in [6.45, 7) is 10.9. The molecule has 1 saturated carbocycles. The molecule has 1 aliphatic heterocycles. The summed E-state index contributed by atoms with van der Waals surface area (Å²) in [5, 5.41) is 17.4. The van der Waals surface area contributed by atoms with E-state index < -0.39 is 5.60 Å². The molecule has 1 unspecified atom stereocenters. The fourth-order valence-electron chi connectivity index (χ4n) is 3.94. The van der Waals surface area contributed by atoms with Crippen LogP contribution in [-0.2, 0) is 4.74 Å². The molecule has 0 radical (unpaired) electrons. The molecule has 1 aliphatic carbocycles. The van der Waals surface area contributed by atoms with Crippen molar-refractivity contribution in [1.82, 2.24) is 20.4 Å². The predicted molar refractivity (Wildman–Crippen MR) is 127 cm³/mol. The lowest BCUT2D eigenvalue weighted by Crippen LogP contribution is -2.48. The Morgan fingerprint density at radius 2 is 1.89 bits per heavy atom. The lowest BCUT2D eigenvalue weighted by Gasteiger charge is -2.33. The first-order valence-electron chi connectivity index (χ1n) is 10.7. The molecule has 28 heavy (non-hydrogen) atoms. The van der Waals surface area contributed by atoms with Gasteiger partial charge in [0.15, 0.2) is 5.96 Å². The summed E-state index contributed by atoms with van der Waals surface area (Å²) in [6.07, 6.45) is 6.78. The van der Waals surface area contributed by atoms with Gasteiger partial charge in [0.25, 0.3) is 0 Å². The van der Waals surface area contributed by atoms with Crippen LogP contribution in [0.4, 0.5) is 0 Å². The zero-order valence-corrected chi connectivity index (χ0v) is 20.4. The molecule has 2 aliphatic rings. The maximum absolute atomic E-state index is 10.7. The monoisotopic (exact) mass is 511 g/mol. The summed E-state index contributed by atoms with van der Waals surface area (Å²) in [5.74, 6) is 0.789. The smallest absolute Gasteiger partial charge is 0.191 e. The first kappa shape index (κ1) is 25.9. The summed E-state index contributed by atoms with van der Waals surface area (Å²) >= 11 is 0. The highest BCUT2D eigenvalue weighted by atomic mass is 127. The molecule has 3 N–H and O–H groups in total. The molecule has 0 aromatic carbocycles. The van der Waals surface area contributed by atoms with E-state index in [-0.39, 0.29) is 24.0 Å². The molecule has 1 saturated heterocycles. The topological polar surface area (TPSA) is 72.4 Å². The van der Waals surface area contributed by atoms with Crippen LogP contribution in [0.5, 0.6) is 0 Å². The molecule has 1 atom stereocenters. The second-order valence-electron chi connectivity index (χ2n) is 8.28. The number of guanidine groups is 1. The Bertz CT molecular complexity index is 438. The van der Waals surface area contributed by atoms with Crippen LogP contribution in [0.1, 0.15) is 46.0 Å². The van der Waals surface area contributed by atoms with E-state index in [0.717, 1.165) is 57.9 Å². The van der Waals surface area contributed by atoms with Crippen LogP contribution < -0.4 is 10.6 Å². The molecular formula is C20H42IN5O2. The van der Waals surface area contributed by atoms with Crippen LogP contribution in [0.2, 0.25) is 0 Å². The number of aliphatic imine (C=N–C) groups is 1. The molecule has 8 heteroatoms. The predicted octanol–water partition coefficient (Wildman–Crippen LogP) is 1.51. The first-order valence-corrected chi connectivity index (χ1v) is 10.7. The van der Waals surface area contributed by atoms with Gasteiger partial charge >= 0.3 is 0 Å². The van der Waals surface area contributed by atoms with Crippen LogP contribution >= 0.6 is 24.0 Å². The molecular weight excluding hydrogens is 469 g/mol. The van der Waals surface area contributed by atoms with Gasteiger partial charge in [0, 0.05) is 45.3 Å². The molecule has 0 bridgehead atoms. The van der Waals surface area contributed by atoms with E-state index in [2.05, 4.69) is 39.4 Å². The average Bonchev–Trinajstić information content (AvgIpc) is 2.67. The Labute approximate surface area is 188 Å². The largest absolute Gasteiger partial charge is 0.387 e. The second kappa shape index (κ2) is 14.0. The molecule has 2 fully saturated rings. The maximum atomic E-state index is 10.7. The third-order valence-electron chi connectivity index (χ3n) is 5.54. The number of nitrogens with zero attached hydrogens (tertiary/aromatic N) is 3. The highest BCUT2D eigenvalue weighted by Gasteiger charge is 2.25. The quantitative estimate of drug-likeness (QED) is 0.248. The van der Waals surface area contributed by atoms with Crippen molar-refractivity contribution in [2.45, 2.75) is 57.6 Å². The van der Waals surface area contributed by atoms with Crippen LogP contribution in [-0.4, -0.2) is 98.6 Å². The second-order valence-corrected chi connectivity index (χ2v) is 8.28. The summed E-state index contributed by atoms with van der Waals surface area (Å²) in [7, 11) is 2.23. The number of nitrogens with one attached hydrogen (secondary N) is 2. The summed E-state index contributed by atoms with van der Waals surface area (Å²) < 4.78 is 5.38. The fraction of sp³-hybridized carbons (Fsp3) is 0.950. The SMILES string of the molecule is CCNC(=NCC(C)(O)CN1CCOCC1)NCCN(C)C1CCCCC1.I. The third-order valence-corrected chi connectivity index (χ3v) is 5.54. The highest BCUT2D eigenvalue weighted by Crippen LogP contribution is 2.21. The molecule has 0 spiro atoms. The molecule has 7 nitrogen and oxygen atoms in total. The molecule has 1 heterocycles. The molecule has 0 aromatic rings. The van der Waals surface area contributed by atoms with E-state index in [4.69, 9.17) is 4.74 Å². The van der Waals surface area contributed by atoms with E-state index in [1.807, 2.05) is 6.92 Å². The minimum atomic E-state index is -0.835. The van der Waals surface area contributed by atoms with E-state index in [0.29, 0.717) is 13.1 Å². The number of β-amino-alcohol motifs (C(OH)–C–C–N with tert-alkyl or cyclic N) is 1. The minimum Gasteiger partial charge on any atom is -0.387 e. The zero-order valence-electron chi connectivity index (χ0n) is 18.1. The number of hydrogen-bond donors (Lipinski definition) is 3. The minimum absolute atomic E-state index is 0. The Kier molecular flexibility index (Phi) is 12.9. The maximum Gasteiger partial charge on any atom is 0.191 e. The molecule has 2 rings (SSSR count). The Morgan fingerprint density at radius 1 is 1.21 bits per heavy atom. The lowest BCUT2D eigenvalue weighted by atomic mass is 9.94. The number of rotatable bonds is 9. The summed E-state index contributed by atoms with van der Waals surface area (Å²) in [5.41, 5.74) is -0.835. The van der Waals surface area contributed by atoms with E-state index in [1.54, 1.807) is 0 Å². The van der Waals surface area contributed by atoms with E-state index >= 15 is 0 Å². The van der Waals surface area contributed by atoms with E-state index in [9.17, 15) is 5.11 Å². The van der Waals surface area contributed by atoms with Gasteiger partial charge in [-0.2, -0.15) is 0 Å². The van der Waals surface area contributed by atoms with Gasteiger partial charge in [-0.1, -0.05) is 19.3 Å². The van der Waals surface area contributed by atoms with Crippen LogP contribution in [0.25, 0.3) is 0 Å². The number of ether oxygens (including phenoxy) is 1. The van der Waals surface area contributed by atoms with Crippen LogP contribution in [0, 0.1) is 0 Å². The van der Waals surface area contributed by atoms with E-state index in [1.165, 1.54) is 32.1 Å². The Balaban J connectivity index is 0.00000392. The normalized spacial score (nSPS) is 21.8. The van der Waals surface area contributed by atoms with Gasteiger partial charge in [-0.05, 0) is 33.7 Å². The summed E-state index contributed by atoms with van der Waals surface area (Å²) in [6, 6.07) is 0.731. The zero-order chi connectivity index (χ0) is 19.5. The van der Waals surface area contributed by atoms with Gasteiger partial charge in [0.05, 0.1) is 25.4 Å². The van der Waals surface area contributed by atoms with Crippen LogP contribution in [0.15, 0.2) is 4.99 Å². The standard InChI is InChI=1S/C20H41N5O2.HI/c1-4-21-19(22-10-11-24(3)18-8-6-5-7-9-18)23-16-20(2,26)17-25-12-14-27-15-13-25;/h18,26H,4-17H2,1-3H3,(H2,21,22,23);1H. The fourth-order valence-corrected chi connectivity index (χ4v) is 3.94. The van der Waals surface area contributed by atoms with Gasteiger partial charge in [0.2, 0.25) is 0 Å². The van der Waals surface area contributed by atoms with Gasteiger partial charge in [-0.15, -0.1) is 24.0 Å². The van der Waals surface area contributed by atoms with Gasteiger partial charge < -0.3 is 25.4 Å². The van der Waals surface area contributed by atoms with Crippen molar-refractivity contribution < 1.29 is 9.84 Å². The van der Waals surface area contributed by atoms with Crippen molar-refractivity contribution in [3.8, 4) is 0 Å². The average molecular weight is 511 g/mol. The van der Waals surface area contributed by atoms with Gasteiger partial charge in [0.1, 0.15) is 0 Å².